The zero-order valence-electron chi connectivity index (χ0n) is 8.50. The molecular weight excluding hydrogens is 202 g/mol. The average Bonchev–Trinajstić information content (AvgIpc) is 2.11. The largest absolute Gasteiger partial charge is 0.394 e. The molecule has 0 amide bonds. The Bertz CT molecular complexity index is 328. The van der Waals surface area contributed by atoms with Gasteiger partial charge in [0.15, 0.2) is 0 Å². The summed E-state index contributed by atoms with van der Waals surface area (Å²) in [6, 6.07) is 0. The number of anilines is 1. The van der Waals surface area contributed by atoms with Crippen LogP contribution >= 0.6 is 11.6 Å². The minimum absolute atomic E-state index is 0.0219. The molecule has 0 aliphatic carbocycles. The van der Waals surface area contributed by atoms with Gasteiger partial charge < -0.3 is 10.4 Å². The normalized spacial score (nSPS) is 11.5. The lowest BCUT2D eigenvalue weighted by Gasteiger charge is -2.24. The van der Waals surface area contributed by atoms with E-state index in [-0.39, 0.29) is 11.9 Å². The number of halogens is 1. The number of nitrogens with one attached hydrogen (secondary N) is 1. The van der Waals surface area contributed by atoms with E-state index in [0.717, 1.165) is 5.56 Å². The molecule has 14 heavy (non-hydrogen) atoms. The maximum absolute atomic E-state index is 9.08. The summed E-state index contributed by atoms with van der Waals surface area (Å²) in [5.41, 5.74) is 0.485. The predicted octanol–water partition coefficient (Wildman–Crippen LogP) is 1.62. The van der Waals surface area contributed by atoms with Crippen LogP contribution in [0.1, 0.15) is 19.4 Å². The first-order chi connectivity index (χ1) is 6.44. The fraction of sp³-hybridized carbons (Fsp3) is 0.556. The van der Waals surface area contributed by atoms with Crippen molar-refractivity contribution in [2.24, 2.45) is 0 Å². The van der Waals surface area contributed by atoms with Crippen molar-refractivity contribution in [3.05, 3.63) is 17.0 Å². The van der Waals surface area contributed by atoms with Crippen LogP contribution in [0.25, 0.3) is 0 Å². The lowest BCUT2D eigenvalue weighted by Crippen LogP contribution is -2.35. The van der Waals surface area contributed by atoms with E-state index in [4.69, 9.17) is 16.7 Å². The third-order valence-electron chi connectivity index (χ3n) is 1.79. The average molecular weight is 216 g/mol. The number of aliphatic hydroxyl groups excluding tert-OH is 1. The van der Waals surface area contributed by atoms with Crippen LogP contribution in [0.15, 0.2) is 6.20 Å². The van der Waals surface area contributed by atoms with Crippen LogP contribution in [0.2, 0.25) is 5.28 Å². The summed E-state index contributed by atoms with van der Waals surface area (Å²) in [4.78, 5) is 7.88. The molecule has 0 aliphatic heterocycles. The molecule has 4 nitrogen and oxygen atoms in total. The molecule has 2 N–H and O–H groups in total. The highest BCUT2D eigenvalue weighted by molar-refractivity contribution is 6.28. The van der Waals surface area contributed by atoms with E-state index in [1.165, 1.54) is 0 Å². The lowest BCUT2D eigenvalue weighted by atomic mass is 10.1. The molecule has 1 aromatic heterocycles. The summed E-state index contributed by atoms with van der Waals surface area (Å²) in [6.45, 7) is 5.66. The van der Waals surface area contributed by atoms with Crippen LogP contribution in [0.4, 0.5) is 5.82 Å². The van der Waals surface area contributed by atoms with Crippen molar-refractivity contribution in [2.45, 2.75) is 26.3 Å². The van der Waals surface area contributed by atoms with Crippen LogP contribution in [0.3, 0.4) is 0 Å². The van der Waals surface area contributed by atoms with E-state index in [9.17, 15) is 0 Å². The molecule has 0 unspecified atom stereocenters. The summed E-state index contributed by atoms with van der Waals surface area (Å²) >= 11 is 5.66. The van der Waals surface area contributed by atoms with Crippen LogP contribution in [-0.2, 0) is 0 Å². The molecule has 0 saturated carbocycles. The van der Waals surface area contributed by atoms with Crippen molar-refractivity contribution in [3.63, 3.8) is 0 Å². The Hall–Kier alpha value is -0.870. The summed E-state index contributed by atoms with van der Waals surface area (Å²) in [5, 5.41) is 12.4. The summed E-state index contributed by atoms with van der Waals surface area (Å²) < 4.78 is 0. The third kappa shape index (κ3) is 2.82. The molecule has 5 heteroatoms. The molecule has 0 saturated heterocycles. The second kappa shape index (κ2) is 4.11. The second-order valence-electron chi connectivity index (χ2n) is 3.84. The van der Waals surface area contributed by atoms with Gasteiger partial charge >= 0.3 is 0 Å². The first-order valence-corrected chi connectivity index (χ1v) is 4.70. The standard InChI is InChI=1S/C9H14ClN3O/c1-6-4-11-8(10)12-7(6)13-9(2,3)5-14/h4,14H,5H2,1-3H3,(H,11,12,13). The van der Waals surface area contributed by atoms with Gasteiger partial charge in [0.2, 0.25) is 5.28 Å². The molecule has 1 heterocycles. The van der Waals surface area contributed by atoms with Gasteiger partial charge in [-0.15, -0.1) is 0 Å². The van der Waals surface area contributed by atoms with Gasteiger partial charge in [0.05, 0.1) is 12.1 Å². The molecule has 0 radical (unpaired) electrons. The topological polar surface area (TPSA) is 58.0 Å². The Morgan fingerprint density at radius 3 is 2.79 bits per heavy atom. The molecular formula is C9H14ClN3O. The van der Waals surface area contributed by atoms with E-state index in [0.29, 0.717) is 5.82 Å². The van der Waals surface area contributed by atoms with Crippen molar-refractivity contribution < 1.29 is 5.11 Å². The maximum atomic E-state index is 9.08. The molecule has 0 atom stereocenters. The van der Waals surface area contributed by atoms with Crippen molar-refractivity contribution in [3.8, 4) is 0 Å². The predicted molar refractivity (Wildman–Crippen MR) is 56.6 cm³/mol. The molecule has 1 aromatic rings. The zero-order chi connectivity index (χ0) is 10.8. The number of hydrogen-bond donors (Lipinski definition) is 2. The van der Waals surface area contributed by atoms with E-state index in [1.807, 2.05) is 20.8 Å². The minimum atomic E-state index is -0.414. The molecule has 0 fully saturated rings. The molecule has 0 aliphatic rings. The van der Waals surface area contributed by atoms with Gasteiger partial charge in [-0.05, 0) is 32.4 Å². The number of aliphatic hydroxyl groups is 1. The minimum Gasteiger partial charge on any atom is -0.394 e. The Kier molecular flexibility index (Phi) is 3.29. The third-order valence-corrected chi connectivity index (χ3v) is 1.98. The van der Waals surface area contributed by atoms with Crippen LogP contribution < -0.4 is 5.32 Å². The Balaban J connectivity index is 2.91. The van der Waals surface area contributed by atoms with Crippen molar-refractivity contribution in [1.82, 2.24) is 9.97 Å². The van der Waals surface area contributed by atoms with Gasteiger partial charge in [0.25, 0.3) is 0 Å². The first kappa shape index (κ1) is 11.2. The van der Waals surface area contributed by atoms with Gasteiger partial charge in [-0.25, -0.2) is 9.97 Å². The monoisotopic (exact) mass is 215 g/mol. The highest BCUT2D eigenvalue weighted by Gasteiger charge is 2.17. The zero-order valence-corrected chi connectivity index (χ0v) is 9.26. The van der Waals surface area contributed by atoms with Gasteiger partial charge in [-0.2, -0.15) is 0 Å². The second-order valence-corrected chi connectivity index (χ2v) is 4.18. The molecule has 78 valence electrons. The SMILES string of the molecule is Cc1cnc(Cl)nc1NC(C)(C)CO. The van der Waals surface area contributed by atoms with E-state index in [2.05, 4.69) is 15.3 Å². The van der Waals surface area contributed by atoms with Crippen LogP contribution in [0, 0.1) is 6.92 Å². The quantitative estimate of drug-likeness (QED) is 0.753. The van der Waals surface area contributed by atoms with Gasteiger partial charge in [-0.3, -0.25) is 0 Å². The summed E-state index contributed by atoms with van der Waals surface area (Å²) in [5.74, 6) is 0.657. The fourth-order valence-electron chi connectivity index (χ4n) is 0.907. The van der Waals surface area contributed by atoms with Crippen molar-refractivity contribution in [1.29, 1.82) is 0 Å². The number of aromatic nitrogens is 2. The van der Waals surface area contributed by atoms with E-state index >= 15 is 0 Å². The van der Waals surface area contributed by atoms with Gasteiger partial charge in [-0.1, -0.05) is 0 Å². The van der Waals surface area contributed by atoms with Crippen LogP contribution in [-0.4, -0.2) is 27.2 Å². The van der Waals surface area contributed by atoms with Gasteiger partial charge in [0, 0.05) is 11.8 Å². The Morgan fingerprint density at radius 2 is 2.21 bits per heavy atom. The number of rotatable bonds is 3. The van der Waals surface area contributed by atoms with E-state index in [1.54, 1.807) is 6.20 Å². The van der Waals surface area contributed by atoms with E-state index < -0.39 is 5.54 Å². The molecule has 0 aromatic carbocycles. The first-order valence-electron chi connectivity index (χ1n) is 4.33. The van der Waals surface area contributed by atoms with Gasteiger partial charge in [0.1, 0.15) is 5.82 Å². The number of hydrogen-bond acceptors (Lipinski definition) is 4. The van der Waals surface area contributed by atoms with Crippen molar-refractivity contribution in [2.75, 3.05) is 11.9 Å². The number of nitrogens with zero attached hydrogens (tertiary/aromatic N) is 2. The van der Waals surface area contributed by atoms with Crippen molar-refractivity contribution >= 4 is 17.4 Å². The Morgan fingerprint density at radius 1 is 1.57 bits per heavy atom. The molecule has 1 rings (SSSR count). The maximum Gasteiger partial charge on any atom is 0.224 e. The highest BCUT2D eigenvalue weighted by atomic mass is 35.5. The summed E-state index contributed by atoms with van der Waals surface area (Å²) in [7, 11) is 0. The smallest absolute Gasteiger partial charge is 0.224 e. The fourth-order valence-corrected chi connectivity index (χ4v) is 1.04. The molecule has 0 spiro atoms. The number of aryl methyl sites for hydroxylation is 1. The lowest BCUT2D eigenvalue weighted by molar-refractivity contribution is 0.234. The highest BCUT2D eigenvalue weighted by Crippen LogP contribution is 2.17. The Labute approximate surface area is 88.3 Å². The molecule has 0 bridgehead atoms. The summed E-state index contributed by atoms with van der Waals surface area (Å²) in [6.07, 6.45) is 1.64. The van der Waals surface area contributed by atoms with Crippen LogP contribution in [0.5, 0.6) is 0 Å².